The first-order chi connectivity index (χ1) is 9.09. The maximum Gasteiger partial charge on any atom is 0.355 e. The van der Waals surface area contributed by atoms with Crippen molar-refractivity contribution in [2.45, 2.75) is 5.97 Å². The third-order valence-electron chi connectivity index (χ3n) is 3.02. The van der Waals surface area contributed by atoms with Gasteiger partial charge in [0.2, 0.25) is 0 Å². The summed E-state index contributed by atoms with van der Waals surface area (Å²) in [5.74, 6) is -2.53. The lowest BCUT2D eigenvalue weighted by Gasteiger charge is -2.31. The second-order valence-corrected chi connectivity index (χ2v) is 4.30. The van der Waals surface area contributed by atoms with Crippen molar-refractivity contribution in [3.8, 4) is 5.75 Å². The molecule has 3 N–H and O–H groups in total. The van der Waals surface area contributed by atoms with Gasteiger partial charge >= 0.3 is 5.97 Å². The largest absolute Gasteiger partial charge is 0.507 e. The predicted molar refractivity (Wildman–Crippen MR) is 70.1 cm³/mol. The van der Waals surface area contributed by atoms with Crippen LogP contribution in [0.3, 0.4) is 0 Å². The fourth-order valence-electron chi connectivity index (χ4n) is 2.17. The van der Waals surface area contributed by atoms with Gasteiger partial charge in [0.05, 0.1) is 5.56 Å². The van der Waals surface area contributed by atoms with Crippen molar-refractivity contribution in [2.75, 3.05) is 0 Å². The molecule has 96 valence electrons. The number of aliphatic hydroxyl groups excluding tert-OH is 1. The van der Waals surface area contributed by atoms with E-state index in [0.29, 0.717) is 11.1 Å². The van der Waals surface area contributed by atoms with Crippen molar-refractivity contribution in [1.29, 1.82) is 0 Å². The third kappa shape index (κ3) is 1.87. The fourth-order valence-corrected chi connectivity index (χ4v) is 2.17. The maximum atomic E-state index is 10.3. The van der Waals surface area contributed by atoms with Crippen LogP contribution in [0.15, 0.2) is 54.6 Å². The molecule has 3 rings (SSSR count). The number of benzene rings is 2. The average molecular weight is 256 g/mol. The highest BCUT2D eigenvalue weighted by Gasteiger charge is 2.41. The predicted octanol–water partition coefficient (Wildman–Crippen LogP) is 2.14. The Morgan fingerprint density at radius 2 is 1.47 bits per heavy atom. The summed E-state index contributed by atoms with van der Waals surface area (Å²) in [5.41, 5.74) is 0.853. The minimum absolute atomic E-state index is 0.0631. The van der Waals surface area contributed by atoms with Crippen LogP contribution in [0, 0.1) is 0 Å². The summed E-state index contributed by atoms with van der Waals surface area (Å²) >= 11 is 0. The van der Waals surface area contributed by atoms with Crippen LogP contribution in [0.5, 0.6) is 5.75 Å². The second kappa shape index (κ2) is 4.12. The second-order valence-electron chi connectivity index (χ2n) is 4.30. The average Bonchev–Trinajstić information content (AvgIpc) is 2.39. The molecule has 2 aromatic carbocycles. The van der Waals surface area contributed by atoms with Crippen LogP contribution in [0.25, 0.3) is 11.3 Å². The highest BCUT2D eigenvalue weighted by Crippen LogP contribution is 2.41. The van der Waals surface area contributed by atoms with E-state index in [0.717, 1.165) is 0 Å². The molecule has 1 aliphatic rings. The van der Waals surface area contributed by atoms with Crippen LogP contribution in [0.2, 0.25) is 0 Å². The lowest BCUT2D eigenvalue weighted by atomic mass is 9.96. The molecule has 0 spiro atoms. The monoisotopic (exact) mass is 256 g/mol. The van der Waals surface area contributed by atoms with Gasteiger partial charge in [-0.3, -0.25) is 0 Å². The first kappa shape index (κ1) is 11.8. The van der Waals surface area contributed by atoms with E-state index in [-0.39, 0.29) is 17.1 Å². The first-order valence-electron chi connectivity index (χ1n) is 5.82. The molecule has 0 saturated carbocycles. The van der Waals surface area contributed by atoms with Crippen molar-refractivity contribution < 1.29 is 20.1 Å². The fraction of sp³-hybridized carbons (Fsp3) is 0.0667. The molecule has 2 aromatic rings. The molecule has 0 aliphatic carbocycles. The van der Waals surface area contributed by atoms with Gasteiger partial charge in [-0.25, -0.2) is 0 Å². The molecule has 0 atom stereocenters. The molecule has 0 unspecified atom stereocenters. The van der Waals surface area contributed by atoms with Gasteiger partial charge in [-0.2, -0.15) is 0 Å². The highest BCUT2D eigenvalue weighted by molar-refractivity contribution is 5.92. The van der Waals surface area contributed by atoms with Gasteiger partial charge in [-0.05, 0) is 17.7 Å². The number of fused-ring (bicyclic) bond motifs is 1. The van der Waals surface area contributed by atoms with Gasteiger partial charge in [0.1, 0.15) is 17.1 Å². The molecule has 0 bridgehead atoms. The Morgan fingerprint density at radius 1 is 0.842 bits per heavy atom. The van der Waals surface area contributed by atoms with Crippen LogP contribution >= 0.6 is 0 Å². The number of hydrogen-bond acceptors (Lipinski definition) is 4. The van der Waals surface area contributed by atoms with Crippen molar-refractivity contribution in [3.63, 3.8) is 0 Å². The first-order valence-corrected chi connectivity index (χ1v) is 5.82. The smallest absolute Gasteiger partial charge is 0.355 e. The lowest BCUT2D eigenvalue weighted by Crippen LogP contribution is -2.39. The Balaban J connectivity index is 2.26. The van der Waals surface area contributed by atoms with E-state index in [1.165, 1.54) is 0 Å². The van der Waals surface area contributed by atoms with Crippen LogP contribution in [-0.4, -0.2) is 21.3 Å². The van der Waals surface area contributed by atoms with Gasteiger partial charge in [-0.15, -0.1) is 0 Å². The lowest BCUT2D eigenvalue weighted by molar-refractivity contribution is -0.246. The molecule has 4 heteroatoms. The van der Waals surface area contributed by atoms with E-state index in [2.05, 4.69) is 0 Å². The summed E-state index contributed by atoms with van der Waals surface area (Å²) in [5, 5.41) is 30.3. The summed E-state index contributed by atoms with van der Waals surface area (Å²) in [6.07, 6.45) is 0. The molecule has 0 amide bonds. The van der Waals surface area contributed by atoms with E-state index >= 15 is 0 Å². The molecule has 1 heterocycles. The summed E-state index contributed by atoms with van der Waals surface area (Å²) in [6.45, 7) is 0. The zero-order chi connectivity index (χ0) is 13.5. The molecular formula is C15H12O4. The van der Waals surface area contributed by atoms with Crippen LogP contribution < -0.4 is 4.74 Å². The molecule has 0 aromatic heterocycles. The Kier molecular flexibility index (Phi) is 2.55. The molecular weight excluding hydrogens is 244 g/mol. The third-order valence-corrected chi connectivity index (χ3v) is 3.02. The van der Waals surface area contributed by atoms with E-state index in [1.54, 1.807) is 54.6 Å². The van der Waals surface area contributed by atoms with Gasteiger partial charge in [0.25, 0.3) is 0 Å². The van der Waals surface area contributed by atoms with Crippen LogP contribution in [-0.2, 0) is 0 Å². The maximum absolute atomic E-state index is 10.3. The molecule has 0 radical (unpaired) electrons. The van der Waals surface area contributed by atoms with E-state index in [4.69, 9.17) is 4.74 Å². The minimum atomic E-state index is -2.56. The van der Waals surface area contributed by atoms with Crippen LogP contribution in [0.1, 0.15) is 11.1 Å². The van der Waals surface area contributed by atoms with E-state index in [9.17, 15) is 15.3 Å². The quantitative estimate of drug-likeness (QED) is 0.684. The minimum Gasteiger partial charge on any atom is -0.507 e. The molecule has 0 saturated heterocycles. The number of rotatable bonds is 1. The molecule has 0 fully saturated rings. The van der Waals surface area contributed by atoms with Crippen molar-refractivity contribution in [3.05, 3.63) is 65.7 Å². The Morgan fingerprint density at radius 3 is 2.21 bits per heavy atom. The van der Waals surface area contributed by atoms with Gasteiger partial charge in [-0.1, -0.05) is 42.5 Å². The molecule has 4 nitrogen and oxygen atoms in total. The Labute approximate surface area is 109 Å². The SMILES string of the molecule is OC1=C(c2ccccc2)C(O)(O)Oc2ccccc21. The van der Waals surface area contributed by atoms with Gasteiger partial charge < -0.3 is 20.1 Å². The topological polar surface area (TPSA) is 69.9 Å². The summed E-state index contributed by atoms with van der Waals surface area (Å²) in [7, 11) is 0. The van der Waals surface area contributed by atoms with Gasteiger partial charge in [0, 0.05) is 0 Å². The van der Waals surface area contributed by atoms with E-state index < -0.39 is 5.97 Å². The van der Waals surface area contributed by atoms with Crippen molar-refractivity contribution >= 4 is 11.3 Å². The van der Waals surface area contributed by atoms with Gasteiger partial charge in [0.15, 0.2) is 0 Å². The Bertz CT molecular complexity index is 644. The number of para-hydroxylation sites is 1. The summed E-state index contributed by atoms with van der Waals surface area (Å²) in [4.78, 5) is 0. The zero-order valence-electron chi connectivity index (χ0n) is 9.95. The van der Waals surface area contributed by atoms with Crippen molar-refractivity contribution in [1.82, 2.24) is 0 Å². The molecule has 19 heavy (non-hydrogen) atoms. The number of hydrogen-bond donors (Lipinski definition) is 3. The normalized spacial score (nSPS) is 16.7. The standard InChI is InChI=1S/C15H12O4/c16-14-11-8-4-5-9-12(11)19-15(17,18)13(14)10-6-2-1-3-7-10/h1-9,16-18H. The number of aliphatic hydroxyl groups is 3. The van der Waals surface area contributed by atoms with E-state index in [1.807, 2.05) is 0 Å². The highest BCUT2D eigenvalue weighted by atomic mass is 16.8. The summed E-state index contributed by atoms with van der Waals surface area (Å²) in [6, 6.07) is 15.3. The number of ether oxygens (including phenoxy) is 1. The summed E-state index contributed by atoms with van der Waals surface area (Å²) < 4.78 is 5.15. The molecule has 1 aliphatic heterocycles. The Hall–Kier alpha value is -2.30. The van der Waals surface area contributed by atoms with Crippen LogP contribution in [0.4, 0.5) is 0 Å². The van der Waals surface area contributed by atoms with Crippen molar-refractivity contribution in [2.24, 2.45) is 0 Å². The zero-order valence-corrected chi connectivity index (χ0v) is 9.95.